The van der Waals surface area contributed by atoms with Crippen LogP contribution in [0.1, 0.15) is 60.6 Å². The molecule has 2 fully saturated rings. The monoisotopic (exact) mass is 820 g/mol. The second kappa shape index (κ2) is 17.4. The number of carbonyl (C=O) groups is 3. The number of imidazole rings is 1. The van der Waals surface area contributed by atoms with E-state index in [-0.39, 0.29) is 36.8 Å². The van der Waals surface area contributed by atoms with Gasteiger partial charge in [0, 0.05) is 37.5 Å². The minimum atomic E-state index is -0.873. The smallest absolute Gasteiger partial charge is 0.407 e. The first-order valence-corrected chi connectivity index (χ1v) is 20.7. The van der Waals surface area contributed by atoms with Gasteiger partial charge in [0.1, 0.15) is 24.1 Å². The summed E-state index contributed by atoms with van der Waals surface area (Å²) in [5.74, 6) is 1.25. The maximum absolute atomic E-state index is 14.0. The Bertz CT molecular complexity index is 2520. The molecule has 0 spiro atoms. The summed E-state index contributed by atoms with van der Waals surface area (Å²) in [6.45, 7) is 1.48. The number of rotatable bonds is 12. The molecule has 3 aromatic carbocycles. The number of benzene rings is 3. The highest BCUT2D eigenvalue weighted by atomic mass is 16.5. The summed E-state index contributed by atoms with van der Waals surface area (Å²) in [4.78, 5) is 62.0. The number of likely N-dealkylation sites (tertiary alicyclic amines) is 2. The molecule has 3 aliphatic heterocycles. The number of hydrogen-bond acceptors (Lipinski definition) is 11. The van der Waals surface area contributed by atoms with Crippen LogP contribution in [0.4, 0.5) is 16.3 Å². The molecule has 6 heterocycles. The second-order valence-electron chi connectivity index (χ2n) is 15.6. The number of ether oxygens (including phenoxy) is 2. The molecule has 0 aliphatic carbocycles. The first-order valence-electron chi connectivity index (χ1n) is 20.7. The first-order chi connectivity index (χ1) is 29.9. The molecule has 3 aromatic heterocycles. The molecule has 0 bridgehead atoms. The molecule has 15 heteroatoms. The molecular weight excluding hydrogens is 773 g/mol. The standard InChI is InChI=1S/C46H48N10O5/c1-60-27-49-39(29-11-5-3-6-12-29)44(57)55-21-9-15-37(55)34-24-33-36(26-47-34)52-41(50-33)31-19-17-28(18-20-31)32-23-35-42(48-25-32)54-43(51-35)38-16-10-22-56(38)45(58)40(53-46(59)61-2)30-13-7-4-8-14-30/h3-8,11-14,17-20,23-26,37-40,43,49,51H,9-10,15-16,21-22,27H2,1-2H3,(H,48,54)(H,50,52)(H,53,59)/t37?,38?,39-,40-,43+/m1/s1. The van der Waals surface area contributed by atoms with E-state index in [0.717, 1.165) is 82.0 Å². The van der Waals surface area contributed by atoms with Gasteiger partial charge in [-0.1, -0.05) is 84.9 Å². The number of carbonyl (C=O) groups excluding carboxylic acids is 3. The van der Waals surface area contributed by atoms with Crippen LogP contribution in [0.5, 0.6) is 0 Å². The predicted octanol–water partition coefficient (Wildman–Crippen LogP) is 6.54. The highest BCUT2D eigenvalue weighted by Gasteiger charge is 2.41. The third-order valence-electron chi connectivity index (χ3n) is 11.9. The average molecular weight is 821 g/mol. The topological polar surface area (TPSA) is 179 Å². The van der Waals surface area contributed by atoms with Crippen LogP contribution in [0.2, 0.25) is 0 Å². The molecule has 2 unspecified atom stereocenters. The number of alkyl carbamates (subject to hydrolysis) is 1. The molecule has 5 atom stereocenters. The zero-order valence-electron chi connectivity index (χ0n) is 34.0. The molecular formula is C46H48N10O5. The summed E-state index contributed by atoms with van der Waals surface area (Å²) in [7, 11) is 2.89. The van der Waals surface area contributed by atoms with Crippen molar-refractivity contribution in [3.63, 3.8) is 0 Å². The number of hydrogen-bond donors (Lipinski definition) is 5. The van der Waals surface area contributed by atoms with Crippen LogP contribution in [0.3, 0.4) is 0 Å². The lowest BCUT2D eigenvalue weighted by Gasteiger charge is -2.32. The molecule has 3 amide bonds. The molecule has 6 aromatic rings. The number of nitrogens with zero attached hydrogens (tertiary/aromatic N) is 5. The van der Waals surface area contributed by atoms with Gasteiger partial charge in [0.25, 0.3) is 0 Å². The summed E-state index contributed by atoms with van der Waals surface area (Å²) < 4.78 is 10.1. The Balaban J connectivity index is 0.878. The fraction of sp³-hybridized carbons (Fsp3) is 0.304. The number of aromatic nitrogens is 4. The highest BCUT2D eigenvalue weighted by molar-refractivity contribution is 5.88. The molecule has 3 aliphatic rings. The van der Waals surface area contributed by atoms with Crippen molar-refractivity contribution in [2.75, 3.05) is 44.7 Å². The lowest BCUT2D eigenvalue weighted by Crippen LogP contribution is -2.51. The van der Waals surface area contributed by atoms with E-state index in [9.17, 15) is 14.4 Å². The number of methoxy groups -OCH3 is 2. The zero-order chi connectivity index (χ0) is 41.9. The molecule has 0 saturated carbocycles. The lowest BCUT2D eigenvalue weighted by molar-refractivity contribution is -0.135. The van der Waals surface area contributed by atoms with Crippen LogP contribution in [0.25, 0.3) is 33.5 Å². The number of amides is 3. The Morgan fingerprint density at radius 3 is 2.20 bits per heavy atom. The Kier molecular flexibility index (Phi) is 11.3. The van der Waals surface area contributed by atoms with Gasteiger partial charge >= 0.3 is 6.09 Å². The number of pyridine rings is 2. The van der Waals surface area contributed by atoms with E-state index < -0.39 is 18.2 Å². The van der Waals surface area contributed by atoms with Crippen molar-refractivity contribution in [2.24, 2.45) is 0 Å². The first kappa shape index (κ1) is 39.6. The van der Waals surface area contributed by atoms with Crippen molar-refractivity contribution in [2.45, 2.75) is 56.0 Å². The normalized spacial score (nSPS) is 19.2. The predicted molar refractivity (Wildman–Crippen MR) is 231 cm³/mol. The number of H-pyrrole nitrogens is 1. The van der Waals surface area contributed by atoms with Gasteiger partial charge in [-0.2, -0.15) is 0 Å². The van der Waals surface area contributed by atoms with Crippen LogP contribution in [0.15, 0.2) is 109 Å². The van der Waals surface area contributed by atoms with Gasteiger partial charge in [-0.3, -0.25) is 19.9 Å². The van der Waals surface area contributed by atoms with E-state index in [1.165, 1.54) is 7.11 Å². The third kappa shape index (κ3) is 8.09. The molecule has 15 nitrogen and oxygen atoms in total. The van der Waals surface area contributed by atoms with Crippen molar-refractivity contribution in [1.29, 1.82) is 0 Å². The Hall–Kier alpha value is -6.84. The quantitative estimate of drug-likeness (QED) is 0.0848. The van der Waals surface area contributed by atoms with Gasteiger partial charge in [0.2, 0.25) is 11.8 Å². The minimum absolute atomic E-state index is 0.00287. The summed E-state index contributed by atoms with van der Waals surface area (Å²) >= 11 is 0. The van der Waals surface area contributed by atoms with Gasteiger partial charge in [-0.15, -0.1) is 0 Å². The third-order valence-corrected chi connectivity index (χ3v) is 11.9. The molecule has 61 heavy (non-hydrogen) atoms. The molecule has 2 saturated heterocycles. The van der Waals surface area contributed by atoms with Crippen LogP contribution < -0.4 is 21.3 Å². The average Bonchev–Trinajstić information content (AvgIpc) is 4.14. The van der Waals surface area contributed by atoms with Crippen LogP contribution >= 0.6 is 0 Å². The molecule has 9 rings (SSSR count). The van der Waals surface area contributed by atoms with E-state index in [1.54, 1.807) is 13.3 Å². The molecule has 5 N–H and O–H groups in total. The summed E-state index contributed by atoms with van der Waals surface area (Å²) in [6.07, 6.45) is 6.06. The number of anilines is 2. The van der Waals surface area contributed by atoms with Crippen molar-refractivity contribution in [3.05, 3.63) is 126 Å². The SMILES string of the molecule is COCN[C@@H](C(=O)N1CCCC1c1cc2nc(-c3ccc(-c4cnc5c(c4)N[C@H](C4CCCN4C(=O)[C@H](NC(=O)OC)c4ccccc4)N5)cc3)[nH]c2cn1)c1ccccc1. The van der Waals surface area contributed by atoms with Crippen molar-refractivity contribution in [1.82, 2.24) is 40.4 Å². The van der Waals surface area contributed by atoms with Crippen molar-refractivity contribution < 1.29 is 23.9 Å². The van der Waals surface area contributed by atoms with Crippen LogP contribution in [-0.2, 0) is 19.1 Å². The van der Waals surface area contributed by atoms with Crippen molar-refractivity contribution in [3.8, 4) is 22.5 Å². The van der Waals surface area contributed by atoms with Gasteiger partial charge in [0.15, 0.2) is 5.82 Å². The van der Waals surface area contributed by atoms with Crippen LogP contribution in [-0.4, -0.2) is 93.9 Å². The summed E-state index contributed by atoms with van der Waals surface area (Å²) in [5.41, 5.74) is 7.70. The minimum Gasteiger partial charge on any atom is -0.453 e. The van der Waals surface area contributed by atoms with E-state index in [1.807, 2.05) is 107 Å². The molecule has 312 valence electrons. The van der Waals surface area contributed by atoms with Gasteiger partial charge in [-0.05, 0) is 54.5 Å². The largest absolute Gasteiger partial charge is 0.453 e. The van der Waals surface area contributed by atoms with Gasteiger partial charge < -0.3 is 40.2 Å². The Labute approximate surface area is 353 Å². The number of aromatic amines is 1. The maximum atomic E-state index is 14.0. The maximum Gasteiger partial charge on any atom is 0.407 e. The number of nitrogens with one attached hydrogen (secondary N) is 5. The highest BCUT2D eigenvalue weighted by Crippen LogP contribution is 2.37. The second-order valence-corrected chi connectivity index (χ2v) is 15.6. The fourth-order valence-corrected chi connectivity index (χ4v) is 8.81. The zero-order valence-corrected chi connectivity index (χ0v) is 34.0. The summed E-state index contributed by atoms with van der Waals surface area (Å²) in [5, 5.41) is 13.1. The van der Waals surface area contributed by atoms with Gasteiger partial charge in [-0.25, -0.2) is 14.8 Å². The molecule has 0 radical (unpaired) electrons. The van der Waals surface area contributed by atoms with E-state index in [0.29, 0.717) is 18.7 Å². The summed E-state index contributed by atoms with van der Waals surface area (Å²) in [6, 6.07) is 29.4. The van der Waals surface area contributed by atoms with E-state index >= 15 is 0 Å². The Morgan fingerprint density at radius 1 is 0.770 bits per heavy atom. The number of fused-ring (bicyclic) bond motifs is 2. The van der Waals surface area contributed by atoms with E-state index in [4.69, 9.17) is 24.4 Å². The fourth-order valence-electron chi connectivity index (χ4n) is 8.81. The Morgan fingerprint density at radius 2 is 1.46 bits per heavy atom. The van der Waals surface area contributed by atoms with Crippen molar-refractivity contribution >= 4 is 40.4 Å². The van der Waals surface area contributed by atoms with Crippen LogP contribution in [0, 0.1) is 0 Å². The lowest BCUT2D eigenvalue weighted by atomic mass is 10.0. The van der Waals surface area contributed by atoms with Gasteiger partial charge in [0.05, 0.1) is 54.5 Å². The van der Waals surface area contributed by atoms with E-state index in [2.05, 4.69) is 32.3 Å².